The summed E-state index contributed by atoms with van der Waals surface area (Å²) in [6.45, 7) is 3.85. The second kappa shape index (κ2) is 5.71. The lowest BCUT2D eigenvalue weighted by Crippen LogP contribution is -2.36. The molecule has 1 aromatic rings. The van der Waals surface area contributed by atoms with Crippen molar-refractivity contribution in [1.82, 2.24) is 10.3 Å². The Kier molecular flexibility index (Phi) is 4.56. The molecule has 3 nitrogen and oxygen atoms in total. The summed E-state index contributed by atoms with van der Waals surface area (Å²) in [6, 6.07) is 3.69. The molecule has 0 radical (unpaired) electrons. The zero-order valence-corrected chi connectivity index (χ0v) is 9.71. The highest BCUT2D eigenvalue weighted by Gasteiger charge is 2.13. The van der Waals surface area contributed by atoms with Gasteiger partial charge < -0.3 is 5.32 Å². The Hall–Kier alpha value is -1.09. The van der Waals surface area contributed by atoms with Gasteiger partial charge in [-0.1, -0.05) is 13.0 Å². The van der Waals surface area contributed by atoms with Gasteiger partial charge in [0.2, 0.25) is 0 Å². The molecule has 4 heteroatoms. The maximum Gasteiger partial charge on any atom is 0.270 e. The third-order valence-electron chi connectivity index (χ3n) is 2.24. The molecule has 1 unspecified atom stereocenters. The van der Waals surface area contributed by atoms with Crippen LogP contribution in [0.2, 0.25) is 0 Å². The number of nitrogens with zero attached hydrogens (tertiary/aromatic N) is 1. The fourth-order valence-electron chi connectivity index (χ4n) is 1.23. The van der Waals surface area contributed by atoms with Crippen molar-refractivity contribution in [3.05, 3.63) is 29.6 Å². The Morgan fingerprint density at radius 1 is 1.67 bits per heavy atom. The Labute approximate surface area is 94.9 Å². The second-order valence-electron chi connectivity index (χ2n) is 3.40. The van der Waals surface area contributed by atoms with Gasteiger partial charge in [0.05, 0.1) is 0 Å². The first-order valence-corrected chi connectivity index (χ1v) is 5.51. The molecule has 15 heavy (non-hydrogen) atoms. The highest BCUT2D eigenvalue weighted by atomic mass is 35.5. The van der Waals surface area contributed by atoms with Crippen LogP contribution in [0.15, 0.2) is 18.3 Å². The van der Waals surface area contributed by atoms with E-state index in [0.29, 0.717) is 11.6 Å². The van der Waals surface area contributed by atoms with Gasteiger partial charge in [-0.2, -0.15) is 0 Å². The Balaban J connectivity index is 2.73. The van der Waals surface area contributed by atoms with Crippen LogP contribution in [0.4, 0.5) is 0 Å². The third kappa shape index (κ3) is 3.20. The smallest absolute Gasteiger partial charge is 0.270 e. The van der Waals surface area contributed by atoms with Gasteiger partial charge in [-0.25, -0.2) is 0 Å². The van der Waals surface area contributed by atoms with Crippen LogP contribution in [0.5, 0.6) is 0 Å². The third-order valence-corrected chi connectivity index (χ3v) is 2.61. The number of aryl methyl sites for hydroxylation is 1. The van der Waals surface area contributed by atoms with Gasteiger partial charge in [0, 0.05) is 18.1 Å². The molecular formula is C11H15ClN2O. The van der Waals surface area contributed by atoms with E-state index in [1.807, 2.05) is 26.0 Å². The van der Waals surface area contributed by atoms with E-state index in [1.165, 1.54) is 0 Å². The molecule has 0 aliphatic heterocycles. The summed E-state index contributed by atoms with van der Waals surface area (Å²) in [5, 5.41) is 2.84. The van der Waals surface area contributed by atoms with Gasteiger partial charge in [0.15, 0.2) is 0 Å². The molecule has 0 aliphatic rings. The normalized spacial score (nSPS) is 12.2. The minimum atomic E-state index is -0.152. The molecule has 1 N–H and O–H groups in total. The number of carbonyl (C=O) groups is 1. The van der Waals surface area contributed by atoms with Crippen molar-refractivity contribution >= 4 is 17.5 Å². The molecule has 0 bridgehead atoms. The Morgan fingerprint density at radius 2 is 2.40 bits per heavy atom. The van der Waals surface area contributed by atoms with E-state index < -0.39 is 0 Å². The van der Waals surface area contributed by atoms with Gasteiger partial charge >= 0.3 is 0 Å². The average Bonchev–Trinajstić information content (AvgIpc) is 2.26. The molecule has 0 spiro atoms. The van der Waals surface area contributed by atoms with Crippen LogP contribution in [-0.2, 0) is 0 Å². The highest BCUT2D eigenvalue weighted by molar-refractivity contribution is 6.18. The Bertz CT molecular complexity index is 337. The first-order chi connectivity index (χ1) is 7.19. The lowest BCUT2D eigenvalue weighted by molar-refractivity contribution is 0.0934. The summed E-state index contributed by atoms with van der Waals surface area (Å²) in [5.41, 5.74) is 1.35. The summed E-state index contributed by atoms with van der Waals surface area (Å²) in [4.78, 5) is 15.8. The zero-order chi connectivity index (χ0) is 11.3. The van der Waals surface area contributed by atoms with Crippen LogP contribution >= 0.6 is 11.6 Å². The fourth-order valence-corrected chi connectivity index (χ4v) is 1.52. The zero-order valence-electron chi connectivity index (χ0n) is 8.96. The molecule has 0 saturated carbocycles. The van der Waals surface area contributed by atoms with Crippen LogP contribution < -0.4 is 5.32 Å². The van der Waals surface area contributed by atoms with Gasteiger partial charge in [0.1, 0.15) is 5.69 Å². The number of carbonyl (C=O) groups excluding carboxylic acids is 1. The number of hydrogen-bond acceptors (Lipinski definition) is 2. The average molecular weight is 227 g/mol. The lowest BCUT2D eigenvalue weighted by Gasteiger charge is -2.13. The van der Waals surface area contributed by atoms with Crippen LogP contribution in [0.1, 0.15) is 29.4 Å². The van der Waals surface area contributed by atoms with Gasteiger partial charge in [0.25, 0.3) is 5.91 Å². The van der Waals surface area contributed by atoms with Crippen molar-refractivity contribution in [3.8, 4) is 0 Å². The maximum atomic E-state index is 11.8. The molecule has 1 rings (SSSR count). The van der Waals surface area contributed by atoms with Gasteiger partial charge in [-0.3, -0.25) is 9.78 Å². The first-order valence-electron chi connectivity index (χ1n) is 4.97. The van der Waals surface area contributed by atoms with Crippen molar-refractivity contribution in [2.45, 2.75) is 26.3 Å². The number of halogens is 1. The van der Waals surface area contributed by atoms with Crippen molar-refractivity contribution < 1.29 is 4.79 Å². The molecule has 1 amide bonds. The summed E-state index contributed by atoms with van der Waals surface area (Å²) in [7, 11) is 0. The molecule has 0 fully saturated rings. The van der Waals surface area contributed by atoms with Crippen LogP contribution in [0.3, 0.4) is 0 Å². The summed E-state index contributed by atoms with van der Waals surface area (Å²) < 4.78 is 0. The van der Waals surface area contributed by atoms with E-state index in [9.17, 15) is 4.79 Å². The van der Waals surface area contributed by atoms with Crippen LogP contribution in [0.25, 0.3) is 0 Å². The molecule has 1 aromatic heterocycles. The number of nitrogens with one attached hydrogen (secondary N) is 1. The molecule has 0 aliphatic carbocycles. The van der Waals surface area contributed by atoms with Gasteiger partial charge in [-0.05, 0) is 25.0 Å². The van der Waals surface area contributed by atoms with Crippen molar-refractivity contribution in [3.63, 3.8) is 0 Å². The van der Waals surface area contributed by atoms with E-state index in [0.717, 1.165) is 12.0 Å². The number of hydrogen-bond donors (Lipinski definition) is 1. The Morgan fingerprint density at radius 3 is 2.93 bits per heavy atom. The van der Waals surface area contributed by atoms with Crippen molar-refractivity contribution in [2.75, 3.05) is 5.88 Å². The molecule has 82 valence electrons. The molecule has 1 atom stereocenters. The molecule has 0 saturated heterocycles. The van der Waals surface area contributed by atoms with Crippen molar-refractivity contribution in [2.24, 2.45) is 0 Å². The molecule has 0 aromatic carbocycles. The maximum absolute atomic E-state index is 11.8. The van der Waals surface area contributed by atoms with Crippen LogP contribution in [0, 0.1) is 6.92 Å². The number of rotatable bonds is 4. The summed E-state index contributed by atoms with van der Waals surface area (Å²) in [5.74, 6) is 0.273. The summed E-state index contributed by atoms with van der Waals surface area (Å²) in [6.07, 6.45) is 2.44. The first kappa shape index (κ1) is 12.0. The minimum Gasteiger partial charge on any atom is -0.347 e. The minimum absolute atomic E-state index is 0.0144. The predicted octanol–water partition coefficient (Wildman–Crippen LogP) is 2.14. The fraction of sp³-hybridized carbons (Fsp3) is 0.455. The van der Waals surface area contributed by atoms with Gasteiger partial charge in [-0.15, -0.1) is 11.6 Å². The standard InChI is InChI=1S/C11H15ClN2O/c1-3-9(7-12)14-11(15)10-8(2)5-4-6-13-10/h4-6,9H,3,7H2,1-2H3,(H,14,15). The number of amides is 1. The number of aromatic nitrogens is 1. The predicted molar refractivity (Wildman–Crippen MR) is 61.2 cm³/mol. The van der Waals surface area contributed by atoms with E-state index >= 15 is 0 Å². The van der Waals surface area contributed by atoms with E-state index in [1.54, 1.807) is 6.20 Å². The largest absolute Gasteiger partial charge is 0.347 e. The highest BCUT2D eigenvalue weighted by Crippen LogP contribution is 2.04. The SMILES string of the molecule is CCC(CCl)NC(=O)c1ncccc1C. The van der Waals surface area contributed by atoms with Crippen LogP contribution in [-0.4, -0.2) is 22.8 Å². The lowest BCUT2D eigenvalue weighted by atomic mass is 10.2. The van der Waals surface area contributed by atoms with E-state index in [2.05, 4.69) is 10.3 Å². The topological polar surface area (TPSA) is 42.0 Å². The quantitative estimate of drug-likeness (QED) is 0.800. The molecule has 1 heterocycles. The monoisotopic (exact) mass is 226 g/mol. The number of pyridine rings is 1. The van der Waals surface area contributed by atoms with Crippen molar-refractivity contribution in [1.29, 1.82) is 0 Å². The second-order valence-corrected chi connectivity index (χ2v) is 3.71. The summed E-state index contributed by atoms with van der Waals surface area (Å²) >= 11 is 5.70. The van der Waals surface area contributed by atoms with E-state index in [4.69, 9.17) is 11.6 Å². The van der Waals surface area contributed by atoms with E-state index in [-0.39, 0.29) is 11.9 Å². The number of alkyl halides is 1. The molecular weight excluding hydrogens is 212 g/mol.